The van der Waals surface area contributed by atoms with Crippen LogP contribution in [0.15, 0.2) is 118 Å². The van der Waals surface area contributed by atoms with Gasteiger partial charge < -0.3 is 0 Å². The van der Waals surface area contributed by atoms with Gasteiger partial charge in [0.05, 0.1) is 0 Å². The number of aryl methyl sites for hydroxylation is 2. The molecule has 0 amide bonds. The van der Waals surface area contributed by atoms with Crippen LogP contribution >= 0.6 is 312 Å². The van der Waals surface area contributed by atoms with Crippen LogP contribution < -0.4 is 0 Å². The van der Waals surface area contributed by atoms with Crippen molar-refractivity contribution in [3.05, 3.63) is 129 Å². The van der Waals surface area contributed by atoms with Gasteiger partial charge >= 0.3 is 0 Å². The van der Waals surface area contributed by atoms with Gasteiger partial charge in [-0.2, -0.15) is 0 Å². The molecule has 0 aliphatic rings. The molecule has 450 valence electrons. The second-order valence-corrected chi connectivity index (χ2v) is 160. The van der Waals surface area contributed by atoms with Crippen LogP contribution in [0.25, 0.3) is 44.5 Å². The summed E-state index contributed by atoms with van der Waals surface area (Å²) in [4.78, 5) is 0. The minimum absolute atomic E-state index is 0.000784. The van der Waals surface area contributed by atoms with Crippen LogP contribution in [-0.4, -0.2) is 0 Å². The van der Waals surface area contributed by atoms with Gasteiger partial charge in [-0.05, 0) is 217 Å². The maximum atomic E-state index is 3.66. The Morgan fingerprint density at radius 2 is 0.568 bits per heavy atom. The zero-order valence-corrected chi connectivity index (χ0v) is 84.9. The van der Waals surface area contributed by atoms with Crippen LogP contribution in [0.3, 0.4) is 0 Å². The van der Waals surface area contributed by atoms with E-state index in [2.05, 4.69) is 316 Å². The molecule has 0 radical (unpaired) electrons. The molecule has 0 saturated carbocycles. The highest BCUT2D eigenvalue weighted by atomic mass is 79.9. The molecule has 81 heavy (non-hydrogen) atoms. The second-order valence-electron chi connectivity index (χ2n) is 18.0. The van der Waals surface area contributed by atoms with Crippen molar-refractivity contribution in [1.82, 2.24) is 0 Å². The lowest BCUT2D eigenvalue weighted by molar-refractivity contribution is 0.632. The van der Waals surface area contributed by atoms with Crippen molar-refractivity contribution in [3.8, 4) is 44.5 Å². The number of hydrogen-bond acceptors (Lipinski definition) is 0. The minimum Gasteiger partial charge on any atom is -0.109 e. The molecule has 0 bridgehead atoms. The fourth-order valence-corrected chi connectivity index (χ4v) is 479. The number of rotatable bonds is 32. The normalized spacial score (nSPS) is 13.7. The maximum absolute atomic E-state index is 3.66. The summed E-state index contributed by atoms with van der Waals surface area (Å²) in [6, 6.07) is 41.1. The Balaban J connectivity index is 0.000000364. The summed E-state index contributed by atoms with van der Waals surface area (Å²) >= 11 is 7.31. The number of hydrogen-bond donors (Lipinski definition) is 0. The predicted octanol–water partition coefficient (Wildman–Crippen LogP) is 35.1. The molecular formula is C44H85Br2P35. The summed E-state index contributed by atoms with van der Waals surface area (Å²) in [6.45, 7) is 3.94. The average Bonchev–Trinajstić information content (AvgIpc) is 3.61. The highest BCUT2D eigenvalue weighted by Crippen LogP contribution is 3.40. The summed E-state index contributed by atoms with van der Waals surface area (Å²) in [7, 11) is 61.2. The van der Waals surface area contributed by atoms with E-state index >= 15 is 0 Å². The van der Waals surface area contributed by atoms with E-state index in [1.165, 1.54) is 120 Å². The summed E-state index contributed by atoms with van der Waals surface area (Å²) in [5.74, 6) is 0. The Morgan fingerprint density at radius 3 is 0.840 bits per heavy atom. The van der Waals surface area contributed by atoms with Gasteiger partial charge in [-0.25, -0.2) is 0 Å². The van der Waals surface area contributed by atoms with E-state index < -0.39 is 0 Å². The molecule has 5 rings (SSSR count). The van der Waals surface area contributed by atoms with E-state index in [0.29, 0.717) is 0 Å². The number of halogens is 2. The Labute approximate surface area is 570 Å². The molecule has 22 unspecified atom stereocenters. The standard InChI is InChI=1S/C44H48Br2.H37P35/c1-3-5-7-9-11-13-33-15-19-37(20-16-33)43-41(35-23-27-39(45)28-24-35)31-32-42(36-25-29-40(46)30-26-36)44(43)38-21-17-34(18-22-38)14-12-10-8-6-4-2;1-19-28(18)33(29(20(2)3)21(4)5)35(32(26(14)15)27(16)17)34(30(22(6)7)23(8)9)31(24(10)11)25(12)13/h15-32H,3-14H2,1-2H3;19H,1-18H2. The minimum atomic E-state index is -0.0908. The first-order valence-electron chi connectivity index (χ1n) is 25.3. The van der Waals surface area contributed by atoms with Crippen LogP contribution in [0.5, 0.6) is 0 Å². The first kappa shape index (κ1) is 85.5. The van der Waals surface area contributed by atoms with Crippen molar-refractivity contribution in [2.24, 2.45) is 0 Å². The molecule has 0 N–H and O–H groups in total. The lowest BCUT2D eigenvalue weighted by Crippen LogP contribution is -1.96. The summed E-state index contributed by atoms with van der Waals surface area (Å²) in [5, 5.41) is 0. The van der Waals surface area contributed by atoms with Crippen LogP contribution in [0, 0.1) is 0 Å². The summed E-state index contributed by atoms with van der Waals surface area (Å²) in [6.07, 6.45) is 15.4. The van der Waals surface area contributed by atoms with Crippen molar-refractivity contribution in [2.75, 3.05) is 0 Å². The number of benzene rings is 5. The van der Waals surface area contributed by atoms with Crippen molar-refractivity contribution in [2.45, 2.75) is 90.9 Å². The molecule has 0 fully saturated rings. The van der Waals surface area contributed by atoms with E-state index in [1.807, 2.05) is 0 Å². The molecule has 37 heteroatoms. The SMILES string of the molecule is CCCCCCCc1ccc(-c2c(-c3ccc(Br)cc3)ccc(-c3ccc(Br)cc3)c2-c2ccc(CCCCCCC)cc2)cc1.PPP(P)P(P(P(P)P)P(P)P)P(P(P(P)P)P(P)P)P(P(P(P)P)P(P)P)P(P(P)P)P(P)P. The van der Waals surface area contributed by atoms with Crippen molar-refractivity contribution in [3.63, 3.8) is 0 Å². The Bertz CT molecular complexity index is 2370. The van der Waals surface area contributed by atoms with E-state index in [0.717, 1.165) is 29.7 Å². The van der Waals surface area contributed by atoms with Gasteiger partial charge in [-0.15, -0.1) is 161 Å². The molecule has 0 saturated heterocycles. The topological polar surface area (TPSA) is 0 Å². The monoisotopic (exact) mass is 1860 g/mol. The third kappa shape index (κ3) is 28.8. The van der Waals surface area contributed by atoms with Crippen LogP contribution in [0.1, 0.15) is 89.2 Å². The van der Waals surface area contributed by atoms with Gasteiger partial charge in [0, 0.05) is 8.95 Å². The largest absolute Gasteiger partial charge is 0.109 e. The van der Waals surface area contributed by atoms with E-state index in [4.69, 9.17) is 0 Å². The molecule has 0 aliphatic carbocycles. The lowest BCUT2D eigenvalue weighted by Gasteiger charge is -2.54. The first-order valence-corrected chi connectivity index (χ1v) is 90.1. The average molecular weight is 1860 g/mol. The quantitative estimate of drug-likeness (QED) is 0.0297. The first-order chi connectivity index (χ1) is 38.5. The molecule has 0 spiro atoms. The maximum Gasteiger partial charge on any atom is 0.0175 e. The molecule has 0 nitrogen and oxygen atoms in total. The highest BCUT2D eigenvalue weighted by molar-refractivity contribution is 9.46. The Morgan fingerprint density at radius 1 is 0.309 bits per heavy atom. The van der Waals surface area contributed by atoms with E-state index in [1.54, 1.807) is 0 Å². The molecule has 0 aliphatic heterocycles. The third-order valence-corrected chi connectivity index (χ3v) is 248. The van der Waals surface area contributed by atoms with Crippen LogP contribution in [0.4, 0.5) is 0 Å². The van der Waals surface area contributed by atoms with Gasteiger partial charge in [0.15, 0.2) is 0 Å². The van der Waals surface area contributed by atoms with Crippen molar-refractivity contribution in [1.29, 1.82) is 0 Å². The second kappa shape index (κ2) is 47.3. The van der Waals surface area contributed by atoms with Crippen LogP contribution in [0.2, 0.25) is 0 Å². The van der Waals surface area contributed by atoms with E-state index in [9.17, 15) is 0 Å². The Kier molecular flexibility index (Phi) is 50.0. The van der Waals surface area contributed by atoms with Gasteiger partial charge in [-0.1, -0.05) is 190 Å². The summed E-state index contributed by atoms with van der Waals surface area (Å²) in [5.41, 5.74) is 13.0. The molecule has 0 heterocycles. The van der Waals surface area contributed by atoms with Gasteiger partial charge in [0.2, 0.25) is 0 Å². The molecular weight excluding hydrogens is 1770 g/mol. The smallest absolute Gasteiger partial charge is 0.0175 e. The van der Waals surface area contributed by atoms with Crippen molar-refractivity contribution < 1.29 is 0 Å². The van der Waals surface area contributed by atoms with Gasteiger partial charge in [-0.3, -0.25) is 0 Å². The van der Waals surface area contributed by atoms with Crippen molar-refractivity contribution >= 4 is 312 Å². The van der Waals surface area contributed by atoms with E-state index in [-0.39, 0.29) is 112 Å². The predicted molar refractivity (Wildman–Crippen MR) is 502 cm³/mol. The lowest BCUT2D eigenvalue weighted by atomic mass is 9.82. The number of unbranched alkanes of at least 4 members (excludes halogenated alkanes) is 8. The fraction of sp³-hybridized carbons (Fsp3) is 0.318. The fourth-order valence-electron chi connectivity index (χ4n) is 8.42. The van der Waals surface area contributed by atoms with Gasteiger partial charge in [0.25, 0.3) is 0 Å². The molecule has 0 aromatic heterocycles. The summed E-state index contributed by atoms with van der Waals surface area (Å²) < 4.78 is 2.19. The third-order valence-electron chi connectivity index (χ3n) is 12.1. The highest BCUT2D eigenvalue weighted by Gasteiger charge is 2.53. The molecule has 5 aromatic carbocycles. The Hall–Kier alpha value is 12.1. The zero-order valence-electron chi connectivity index (χ0n) is 45.7. The zero-order chi connectivity index (χ0) is 60.1. The van der Waals surface area contributed by atoms with Crippen LogP contribution in [-0.2, 0) is 12.8 Å². The molecule has 22 atom stereocenters. The van der Waals surface area contributed by atoms with Gasteiger partial charge in [0.1, 0.15) is 0 Å². The molecule has 5 aromatic rings.